The summed E-state index contributed by atoms with van der Waals surface area (Å²) in [6.07, 6.45) is 21.3. The van der Waals surface area contributed by atoms with Crippen LogP contribution in [0.1, 0.15) is 103 Å². The van der Waals surface area contributed by atoms with Crippen LogP contribution in [0.5, 0.6) is 0 Å². The molecule has 3 aliphatic rings. The van der Waals surface area contributed by atoms with Crippen molar-refractivity contribution >= 4 is 8.56 Å². The third kappa shape index (κ3) is 5.55. The molecule has 3 nitrogen and oxygen atoms in total. The van der Waals surface area contributed by atoms with Gasteiger partial charge in [0.15, 0.2) is 0 Å². The van der Waals surface area contributed by atoms with Crippen molar-refractivity contribution in [2.24, 2.45) is 0 Å². The van der Waals surface area contributed by atoms with Gasteiger partial charge < -0.3 is 14.9 Å². The zero-order chi connectivity index (χ0) is 16.7. The maximum absolute atomic E-state index is 4.23. The van der Waals surface area contributed by atoms with E-state index in [0.717, 1.165) is 18.1 Å². The Balaban J connectivity index is 1.65. The van der Waals surface area contributed by atoms with Crippen LogP contribution in [0, 0.1) is 0 Å². The summed E-state index contributed by atoms with van der Waals surface area (Å²) in [6.45, 7) is 2.42. The van der Waals surface area contributed by atoms with Gasteiger partial charge in [0.2, 0.25) is 0 Å². The zero-order valence-electron chi connectivity index (χ0n) is 16.0. The molecule has 0 unspecified atom stereocenters. The average Bonchev–Trinajstić information content (AvgIpc) is 2.64. The van der Waals surface area contributed by atoms with Crippen molar-refractivity contribution in [1.82, 2.24) is 14.9 Å². The fraction of sp³-hybridized carbons (Fsp3) is 1.00. The van der Waals surface area contributed by atoms with Gasteiger partial charge in [0.05, 0.1) is 0 Å². The number of hydrogen-bond acceptors (Lipinski definition) is 3. The predicted octanol–water partition coefficient (Wildman–Crippen LogP) is 4.71. The van der Waals surface area contributed by atoms with Crippen LogP contribution in [0.2, 0.25) is 6.04 Å². The van der Waals surface area contributed by atoms with Crippen molar-refractivity contribution in [3.63, 3.8) is 0 Å². The van der Waals surface area contributed by atoms with Crippen molar-refractivity contribution in [3.8, 4) is 0 Å². The first-order chi connectivity index (χ1) is 11.8. The summed E-state index contributed by atoms with van der Waals surface area (Å²) in [6, 6.07) is 3.56. The maximum Gasteiger partial charge on any atom is 0.281 e. The SMILES string of the molecule is CC[Si](NC1CCCCC1)(NC1CCCCC1)NC1CCCCC1. The normalized spacial score (nSPS) is 25.9. The van der Waals surface area contributed by atoms with Gasteiger partial charge in [0.25, 0.3) is 8.56 Å². The lowest BCUT2D eigenvalue weighted by molar-refractivity contribution is 0.365. The Bertz CT molecular complexity index is 294. The van der Waals surface area contributed by atoms with Gasteiger partial charge in [-0.05, 0) is 44.6 Å². The highest BCUT2D eigenvalue weighted by atomic mass is 28.4. The average molecular weight is 352 g/mol. The van der Waals surface area contributed by atoms with Gasteiger partial charge in [-0.15, -0.1) is 0 Å². The number of rotatable bonds is 7. The zero-order valence-corrected chi connectivity index (χ0v) is 17.0. The number of nitrogens with one attached hydrogen (secondary N) is 3. The summed E-state index contributed by atoms with van der Waals surface area (Å²) >= 11 is 0. The molecule has 0 atom stereocenters. The molecule has 140 valence electrons. The molecule has 0 aromatic carbocycles. The van der Waals surface area contributed by atoms with Gasteiger partial charge >= 0.3 is 0 Å². The maximum atomic E-state index is 4.23. The van der Waals surface area contributed by atoms with E-state index in [0.29, 0.717) is 0 Å². The van der Waals surface area contributed by atoms with Crippen molar-refractivity contribution in [2.45, 2.75) is 127 Å². The van der Waals surface area contributed by atoms with Crippen LogP contribution in [0.15, 0.2) is 0 Å². The van der Waals surface area contributed by atoms with Gasteiger partial charge in [0, 0.05) is 18.1 Å². The third-order valence-electron chi connectivity index (χ3n) is 6.70. The van der Waals surface area contributed by atoms with E-state index in [2.05, 4.69) is 21.9 Å². The molecule has 0 radical (unpaired) electrons. The van der Waals surface area contributed by atoms with E-state index in [9.17, 15) is 0 Å². The predicted molar refractivity (Wildman–Crippen MR) is 106 cm³/mol. The first-order valence-corrected chi connectivity index (χ1v) is 13.3. The molecule has 0 amide bonds. The van der Waals surface area contributed by atoms with Crippen molar-refractivity contribution in [2.75, 3.05) is 0 Å². The molecule has 0 aromatic rings. The first-order valence-electron chi connectivity index (χ1n) is 11.1. The standard InChI is InChI=1S/C20H41N3Si/c1-2-24(21-18-12-6-3-7-13-18,22-19-14-8-4-9-15-19)23-20-16-10-5-11-17-20/h18-23H,2-17H2,1H3. The van der Waals surface area contributed by atoms with Crippen LogP contribution in [-0.4, -0.2) is 26.7 Å². The molecule has 3 saturated carbocycles. The molecule has 0 heterocycles. The topological polar surface area (TPSA) is 36.1 Å². The minimum atomic E-state index is -1.78. The molecule has 3 rings (SSSR count). The lowest BCUT2D eigenvalue weighted by Gasteiger charge is -2.43. The quantitative estimate of drug-likeness (QED) is 0.581. The Morgan fingerprint density at radius 2 is 0.833 bits per heavy atom. The Labute approximate surface area is 151 Å². The van der Waals surface area contributed by atoms with Crippen LogP contribution in [-0.2, 0) is 0 Å². The Kier molecular flexibility index (Phi) is 7.63. The van der Waals surface area contributed by atoms with Crippen LogP contribution in [0.25, 0.3) is 0 Å². The molecule has 4 heteroatoms. The van der Waals surface area contributed by atoms with E-state index in [-0.39, 0.29) is 0 Å². The number of hydrogen-bond donors (Lipinski definition) is 3. The molecule has 0 aromatic heterocycles. The van der Waals surface area contributed by atoms with E-state index in [4.69, 9.17) is 0 Å². The smallest absolute Gasteiger partial charge is 0.281 e. The summed E-state index contributed by atoms with van der Waals surface area (Å²) in [4.78, 5) is 12.7. The third-order valence-corrected chi connectivity index (χ3v) is 10.5. The lowest BCUT2D eigenvalue weighted by Crippen LogP contribution is -2.77. The summed E-state index contributed by atoms with van der Waals surface area (Å²) < 4.78 is 0. The van der Waals surface area contributed by atoms with E-state index >= 15 is 0 Å². The second-order valence-corrected chi connectivity index (χ2v) is 12.1. The van der Waals surface area contributed by atoms with Crippen LogP contribution < -0.4 is 14.9 Å². The van der Waals surface area contributed by atoms with E-state index in [1.807, 2.05) is 0 Å². The van der Waals surface area contributed by atoms with Crippen molar-refractivity contribution in [1.29, 1.82) is 0 Å². The van der Waals surface area contributed by atoms with E-state index in [1.165, 1.54) is 102 Å². The summed E-state index contributed by atoms with van der Waals surface area (Å²) in [7, 11) is -1.78. The van der Waals surface area contributed by atoms with Crippen LogP contribution in [0.4, 0.5) is 0 Å². The minimum absolute atomic E-state index is 0.762. The van der Waals surface area contributed by atoms with Gasteiger partial charge in [0.1, 0.15) is 0 Å². The fourth-order valence-electron chi connectivity index (χ4n) is 5.22. The molecular formula is C20H41N3Si. The van der Waals surface area contributed by atoms with Gasteiger partial charge in [-0.3, -0.25) is 0 Å². The monoisotopic (exact) mass is 351 g/mol. The van der Waals surface area contributed by atoms with E-state index < -0.39 is 8.56 Å². The second-order valence-electron chi connectivity index (χ2n) is 8.70. The molecule has 0 saturated heterocycles. The van der Waals surface area contributed by atoms with Crippen molar-refractivity contribution < 1.29 is 0 Å². The Hall–Kier alpha value is 0.0969. The molecular weight excluding hydrogens is 310 g/mol. The highest BCUT2D eigenvalue weighted by molar-refractivity contribution is 6.72. The lowest BCUT2D eigenvalue weighted by atomic mass is 9.96. The Morgan fingerprint density at radius 3 is 1.08 bits per heavy atom. The van der Waals surface area contributed by atoms with E-state index in [1.54, 1.807) is 0 Å². The Morgan fingerprint density at radius 1 is 0.542 bits per heavy atom. The fourth-order valence-corrected chi connectivity index (χ4v) is 9.04. The first kappa shape index (κ1) is 18.9. The minimum Gasteiger partial charge on any atom is -0.310 e. The summed E-state index contributed by atoms with van der Waals surface area (Å²) in [5, 5.41) is 0. The molecule has 3 aliphatic carbocycles. The molecule has 3 N–H and O–H groups in total. The highest BCUT2D eigenvalue weighted by Crippen LogP contribution is 2.24. The summed E-state index contributed by atoms with van der Waals surface area (Å²) in [5.41, 5.74) is 0. The van der Waals surface area contributed by atoms with Gasteiger partial charge in [-0.2, -0.15) is 0 Å². The summed E-state index contributed by atoms with van der Waals surface area (Å²) in [5.74, 6) is 0. The molecule has 0 spiro atoms. The molecule has 0 bridgehead atoms. The van der Waals surface area contributed by atoms with Gasteiger partial charge in [-0.25, -0.2) is 0 Å². The van der Waals surface area contributed by atoms with Crippen molar-refractivity contribution in [3.05, 3.63) is 0 Å². The second kappa shape index (κ2) is 9.70. The molecule has 0 aliphatic heterocycles. The molecule has 24 heavy (non-hydrogen) atoms. The van der Waals surface area contributed by atoms with Crippen LogP contribution in [0.3, 0.4) is 0 Å². The largest absolute Gasteiger partial charge is 0.310 e. The van der Waals surface area contributed by atoms with Gasteiger partial charge in [-0.1, -0.05) is 64.7 Å². The van der Waals surface area contributed by atoms with Crippen LogP contribution >= 0.6 is 0 Å². The highest BCUT2D eigenvalue weighted by Gasteiger charge is 2.39. The molecule has 3 fully saturated rings.